The molecule has 0 heterocycles. The molecule has 2 amide bonds. The summed E-state index contributed by atoms with van der Waals surface area (Å²) in [6, 6.07) is 12.0. The topological polar surface area (TPSA) is 86.8 Å². The van der Waals surface area contributed by atoms with Gasteiger partial charge in [-0.25, -0.2) is 12.8 Å². The maximum atomic E-state index is 14.4. The number of carbonyl (C=O) groups excluding carboxylic acids is 2. The number of carbonyl (C=O) groups is 2. The highest BCUT2D eigenvalue weighted by atomic mass is 32.2. The van der Waals surface area contributed by atoms with Gasteiger partial charge >= 0.3 is 0 Å². The van der Waals surface area contributed by atoms with Gasteiger partial charge in [0.2, 0.25) is 21.8 Å². The molecule has 184 valence electrons. The summed E-state index contributed by atoms with van der Waals surface area (Å²) in [5.41, 5.74) is 1.44. The van der Waals surface area contributed by atoms with E-state index in [1.807, 2.05) is 13.0 Å². The average Bonchev–Trinajstić information content (AvgIpc) is 3.28. The van der Waals surface area contributed by atoms with E-state index in [-0.39, 0.29) is 24.1 Å². The molecule has 0 aromatic heterocycles. The Kier molecular flexibility index (Phi) is 8.30. The highest BCUT2D eigenvalue weighted by molar-refractivity contribution is 7.92. The molecule has 3 rings (SSSR count). The van der Waals surface area contributed by atoms with E-state index in [0.29, 0.717) is 5.69 Å². The van der Waals surface area contributed by atoms with Gasteiger partial charge in [0.25, 0.3) is 0 Å². The minimum absolute atomic E-state index is 0.0557. The Labute approximate surface area is 201 Å². The standard InChI is InChI=1S/C25H32FN3O4S/c1-18-9-8-13-22(15-18)29(34(3,32)33)17-24(30)28(16-20-10-4-7-14-23(20)26)19(2)25(31)27-21-11-5-6-12-21/h4,7-10,13-15,19,21H,5-6,11-12,16-17H2,1-3H3,(H,27,31)/t19-/m0/s1. The first kappa shape index (κ1) is 25.7. The van der Waals surface area contributed by atoms with E-state index in [1.54, 1.807) is 43.3 Å². The molecule has 1 fully saturated rings. The van der Waals surface area contributed by atoms with Gasteiger partial charge in [0.1, 0.15) is 18.4 Å². The zero-order chi connectivity index (χ0) is 24.9. The average molecular weight is 490 g/mol. The maximum absolute atomic E-state index is 14.4. The third kappa shape index (κ3) is 6.56. The Balaban J connectivity index is 1.89. The highest BCUT2D eigenvalue weighted by Crippen LogP contribution is 2.22. The number of benzene rings is 2. The first-order valence-corrected chi connectivity index (χ1v) is 13.3. The summed E-state index contributed by atoms with van der Waals surface area (Å²) >= 11 is 0. The Morgan fingerprint density at radius 1 is 1.12 bits per heavy atom. The lowest BCUT2D eigenvalue weighted by atomic mass is 10.1. The van der Waals surface area contributed by atoms with Crippen molar-refractivity contribution in [1.29, 1.82) is 0 Å². The molecule has 2 aromatic rings. The van der Waals surface area contributed by atoms with Gasteiger partial charge in [0, 0.05) is 18.2 Å². The Morgan fingerprint density at radius 3 is 2.41 bits per heavy atom. The smallest absolute Gasteiger partial charge is 0.244 e. The third-order valence-electron chi connectivity index (χ3n) is 6.14. The van der Waals surface area contributed by atoms with Gasteiger partial charge in [-0.15, -0.1) is 0 Å². The molecule has 0 unspecified atom stereocenters. The van der Waals surface area contributed by atoms with Crippen LogP contribution in [0.1, 0.15) is 43.7 Å². The molecular weight excluding hydrogens is 457 g/mol. The minimum atomic E-state index is -3.80. The van der Waals surface area contributed by atoms with Crippen LogP contribution in [0.4, 0.5) is 10.1 Å². The van der Waals surface area contributed by atoms with E-state index >= 15 is 0 Å². The molecule has 34 heavy (non-hydrogen) atoms. The number of rotatable bonds is 9. The summed E-state index contributed by atoms with van der Waals surface area (Å²) in [4.78, 5) is 27.7. The zero-order valence-electron chi connectivity index (χ0n) is 19.8. The van der Waals surface area contributed by atoms with Crippen LogP contribution < -0.4 is 9.62 Å². The molecule has 2 aromatic carbocycles. The molecule has 0 radical (unpaired) electrons. The fourth-order valence-electron chi connectivity index (χ4n) is 4.18. The molecule has 0 bridgehead atoms. The van der Waals surface area contributed by atoms with Crippen molar-refractivity contribution >= 4 is 27.5 Å². The van der Waals surface area contributed by atoms with Crippen LogP contribution in [0.3, 0.4) is 0 Å². The Bertz CT molecular complexity index is 1130. The second-order valence-corrected chi connectivity index (χ2v) is 10.8. The van der Waals surface area contributed by atoms with Crippen molar-refractivity contribution in [2.75, 3.05) is 17.1 Å². The van der Waals surface area contributed by atoms with Gasteiger partial charge in [-0.2, -0.15) is 0 Å². The van der Waals surface area contributed by atoms with Gasteiger partial charge in [-0.3, -0.25) is 13.9 Å². The van der Waals surface area contributed by atoms with E-state index in [9.17, 15) is 22.4 Å². The fourth-order valence-corrected chi connectivity index (χ4v) is 5.02. The molecule has 7 nitrogen and oxygen atoms in total. The number of amides is 2. The van der Waals surface area contributed by atoms with Gasteiger partial charge in [0.05, 0.1) is 11.9 Å². The van der Waals surface area contributed by atoms with Gasteiger partial charge in [-0.1, -0.05) is 43.2 Å². The summed E-state index contributed by atoms with van der Waals surface area (Å²) in [6.45, 7) is 2.75. The van der Waals surface area contributed by atoms with Crippen LogP contribution in [0.25, 0.3) is 0 Å². The molecular formula is C25H32FN3O4S. The van der Waals surface area contributed by atoms with Crippen LogP contribution in [0.2, 0.25) is 0 Å². The number of sulfonamides is 1. The molecule has 1 atom stereocenters. The summed E-state index contributed by atoms with van der Waals surface area (Å²) in [7, 11) is -3.80. The van der Waals surface area contributed by atoms with Crippen molar-refractivity contribution in [2.45, 2.75) is 58.2 Å². The summed E-state index contributed by atoms with van der Waals surface area (Å²) in [6.07, 6.45) is 4.87. The van der Waals surface area contributed by atoms with E-state index in [0.717, 1.165) is 41.8 Å². The number of anilines is 1. The highest BCUT2D eigenvalue weighted by Gasteiger charge is 2.31. The van der Waals surface area contributed by atoms with Crippen LogP contribution in [0.15, 0.2) is 48.5 Å². The predicted molar refractivity (Wildman–Crippen MR) is 130 cm³/mol. The van der Waals surface area contributed by atoms with E-state index in [2.05, 4.69) is 5.32 Å². The molecule has 1 aliphatic rings. The molecule has 1 N–H and O–H groups in total. The second-order valence-electron chi connectivity index (χ2n) is 8.89. The van der Waals surface area contributed by atoms with Crippen molar-refractivity contribution in [1.82, 2.24) is 10.2 Å². The van der Waals surface area contributed by atoms with Crippen molar-refractivity contribution in [3.05, 3.63) is 65.5 Å². The predicted octanol–water partition coefficient (Wildman–Crippen LogP) is 3.38. The number of hydrogen-bond acceptors (Lipinski definition) is 4. The molecule has 9 heteroatoms. The van der Waals surface area contributed by atoms with Crippen molar-refractivity contribution in [2.24, 2.45) is 0 Å². The van der Waals surface area contributed by atoms with Crippen LogP contribution in [-0.2, 0) is 26.2 Å². The Morgan fingerprint density at radius 2 is 1.79 bits per heavy atom. The lowest BCUT2D eigenvalue weighted by Crippen LogP contribution is -2.52. The number of aryl methyl sites for hydroxylation is 1. The monoisotopic (exact) mass is 489 g/mol. The number of nitrogens with zero attached hydrogens (tertiary/aromatic N) is 2. The molecule has 0 saturated heterocycles. The lowest BCUT2D eigenvalue weighted by molar-refractivity contribution is -0.139. The van der Waals surface area contributed by atoms with Gasteiger partial charge in [0.15, 0.2) is 0 Å². The number of halogens is 1. The van der Waals surface area contributed by atoms with Crippen molar-refractivity contribution in [3.63, 3.8) is 0 Å². The summed E-state index contributed by atoms with van der Waals surface area (Å²) < 4.78 is 40.6. The number of hydrogen-bond donors (Lipinski definition) is 1. The van der Waals surface area contributed by atoms with Crippen molar-refractivity contribution in [3.8, 4) is 0 Å². The number of nitrogens with one attached hydrogen (secondary N) is 1. The largest absolute Gasteiger partial charge is 0.352 e. The van der Waals surface area contributed by atoms with E-state index < -0.39 is 34.3 Å². The maximum Gasteiger partial charge on any atom is 0.244 e. The van der Waals surface area contributed by atoms with Crippen LogP contribution in [-0.4, -0.2) is 50.0 Å². The van der Waals surface area contributed by atoms with Crippen LogP contribution >= 0.6 is 0 Å². The second kappa shape index (κ2) is 11.0. The van der Waals surface area contributed by atoms with Crippen LogP contribution in [0, 0.1) is 12.7 Å². The SMILES string of the molecule is Cc1cccc(N(CC(=O)N(Cc2ccccc2F)[C@@H](C)C(=O)NC2CCCC2)S(C)(=O)=O)c1. The normalized spacial score (nSPS) is 15.1. The van der Waals surface area contributed by atoms with Crippen molar-refractivity contribution < 1.29 is 22.4 Å². The van der Waals surface area contributed by atoms with Gasteiger partial charge in [-0.05, 0) is 50.5 Å². The quantitative estimate of drug-likeness (QED) is 0.585. The zero-order valence-corrected chi connectivity index (χ0v) is 20.6. The first-order valence-electron chi connectivity index (χ1n) is 11.4. The van der Waals surface area contributed by atoms with Crippen LogP contribution in [0.5, 0.6) is 0 Å². The van der Waals surface area contributed by atoms with E-state index in [1.165, 1.54) is 11.0 Å². The Hall–Kier alpha value is -2.94. The fraction of sp³-hybridized carbons (Fsp3) is 0.440. The molecule has 1 aliphatic carbocycles. The minimum Gasteiger partial charge on any atom is -0.352 e. The summed E-state index contributed by atoms with van der Waals surface area (Å²) in [5.74, 6) is -1.43. The first-order chi connectivity index (χ1) is 16.1. The molecule has 0 aliphatic heterocycles. The lowest BCUT2D eigenvalue weighted by Gasteiger charge is -2.32. The molecule has 1 saturated carbocycles. The third-order valence-corrected chi connectivity index (χ3v) is 7.28. The van der Waals surface area contributed by atoms with Gasteiger partial charge < -0.3 is 10.2 Å². The van der Waals surface area contributed by atoms with E-state index in [4.69, 9.17) is 0 Å². The summed E-state index contributed by atoms with van der Waals surface area (Å²) in [5, 5.41) is 2.98. The molecule has 0 spiro atoms.